The molecule has 7 nitrogen and oxygen atoms in total. The van der Waals surface area contributed by atoms with Gasteiger partial charge in [0, 0.05) is 25.1 Å². The fourth-order valence-electron chi connectivity index (χ4n) is 3.28. The minimum absolute atomic E-state index is 0.109. The molecule has 1 aromatic carbocycles. The van der Waals surface area contributed by atoms with Gasteiger partial charge in [-0.25, -0.2) is 9.07 Å². The molecular formula is C19H19ClFN3O4. The van der Waals surface area contributed by atoms with Gasteiger partial charge >= 0.3 is 0 Å². The lowest BCUT2D eigenvalue weighted by molar-refractivity contribution is -0.133. The molecule has 28 heavy (non-hydrogen) atoms. The number of halogens is 2. The van der Waals surface area contributed by atoms with Crippen LogP contribution in [0.25, 0.3) is 0 Å². The van der Waals surface area contributed by atoms with Gasteiger partial charge in [0.15, 0.2) is 5.78 Å². The van der Waals surface area contributed by atoms with Gasteiger partial charge in [0.2, 0.25) is 5.91 Å². The largest absolute Gasteiger partial charge is 0.496 e. The Hall–Kier alpha value is -2.74. The third kappa shape index (κ3) is 4.39. The highest BCUT2D eigenvalue weighted by molar-refractivity contribution is 6.29. The summed E-state index contributed by atoms with van der Waals surface area (Å²) in [6, 6.07) is 6.37. The van der Waals surface area contributed by atoms with E-state index in [1.807, 2.05) is 0 Å². The van der Waals surface area contributed by atoms with Crippen LogP contribution < -0.4 is 10.3 Å². The Morgan fingerprint density at radius 3 is 2.86 bits per heavy atom. The van der Waals surface area contributed by atoms with E-state index < -0.39 is 17.3 Å². The Bertz CT molecular complexity index is 962. The zero-order chi connectivity index (χ0) is 20.3. The van der Waals surface area contributed by atoms with Crippen LogP contribution >= 0.6 is 11.6 Å². The molecule has 1 aliphatic heterocycles. The Labute approximate surface area is 165 Å². The molecule has 1 saturated heterocycles. The maximum atomic E-state index is 13.6. The number of benzene rings is 1. The van der Waals surface area contributed by atoms with Gasteiger partial charge in [-0.3, -0.25) is 14.4 Å². The number of hydrogen-bond acceptors (Lipinski definition) is 5. The van der Waals surface area contributed by atoms with Crippen molar-refractivity contribution in [3.05, 3.63) is 57.2 Å². The van der Waals surface area contributed by atoms with E-state index in [1.54, 1.807) is 0 Å². The summed E-state index contributed by atoms with van der Waals surface area (Å²) in [5.74, 6) is -1.31. The SMILES string of the molecule is COc1ccc(F)cc1C(=O)C1CCCN(C(=O)Cn2nc(Cl)ccc2=O)C1. The normalized spacial score (nSPS) is 16.7. The van der Waals surface area contributed by atoms with Crippen molar-refractivity contribution < 1.29 is 18.7 Å². The molecule has 0 radical (unpaired) electrons. The second-order valence-electron chi connectivity index (χ2n) is 6.54. The van der Waals surface area contributed by atoms with Gasteiger partial charge in [-0.1, -0.05) is 11.6 Å². The molecule has 1 aliphatic rings. The summed E-state index contributed by atoms with van der Waals surface area (Å²) >= 11 is 5.78. The van der Waals surface area contributed by atoms with Gasteiger partial charge in [0.1, 0.15) is 23.3 Å². The summed E-state index contributed by atoms with van der Waals surface area (Å²) in [5, 5.41) is 3.95. The van der Waals surface area contributed by atoms with E-state index in [2.05, 4.69) is 5.10 Å². The molecule has 0 saturated carbocycles. The molecule has 0 N–H and O–H groups in total. The summed E-state index contributed by atoms with van der Waals surface area (Å²) in [5.41, 5.74) is -0.276. The number of ether oxygens (including phenoxy) is 1. The molecule has 0 aliphatic carbocycles. The highest BCUT2D eigenvalue weighted by Gasteiger charge is 2.30. The van der Waals surface area contributed by atoms with E-state index in [9.17, 15) is 18.8 Å². The lowest BCUT2D eigenvalue weighted by Crippen LogP contribution is -2.44. The molecular weight excluding hydrogens is 389 g/mol. The number of carbonyl (C=O) groups excluding carboxylic acids is 2. The molecule has 9 heteroatoms. The Kier molecular flexibility index (Phi) is 6.08. The van der Waals surface area contributed by atoms with E-state index in [4.69, 9.17) is 16.3 Å². The van der Waals surface area contributed by atoms with Gasteiger partial charge in [0.25, 0.3) is 5.56 Å². The predicted molar refractivity (Wildman–Crippen MR) is 100 cm³/mol. The summed E-state index contributed by atoms with van der Waals surface area (Å²) in [6.45, 7) is 0.397. The molecule has 2 heterocycles. The molecule has 1 fully saturated rings. The van der Waals surface area contributed by atoms with Crippen LogP contribution in [0.15, 0.2) is 35.1 Å². The number of ketones is 1. The monoisotopic (exact) mass is 407 g/mol. The number of carbonyl (C=O) groups is 2. The molecule has 1 amide bonds. The first-order chi connectivity index (χ1) is 13.4. The van der Waals surface area contributed by atoms with Crippen molar-refractivity contribution in [3.8, 4) is 5.75 Å². The zero-order valence-corrected chi connectivity index (χ0v) is 16.0. The van der Waals surface area contributed by atoms with Crippen LogP contribution in [0.3, 0.4) is 0 Å². The lowest BCUT2D eigenvalue weighted by Gasteiger charge is -2.32. The minimum atomic E-state index is -0.528. The van der Waals surface area contributed by atoms with E-state index in [1.165, 1.54) is 36.3 Å². The Balaban J connectivity index is 1.74. The van der Waals surface area contributed by atoms with E-state index in [0.29, 0.717) is 25.1 Å². The van der Waals surface area contributed by atoms with E-state index in [0.717, 1.165) is 10.7 Å². The number of piperidine rings is 1. The first-order valence-electron chi connectivity index (χ1n) is 8.78. The summed E-state index contributed by atoms with van der Waals surface area (Å²) < 4.78 is 19.8. The van der Waals surface area contributed by atoms with Crippen LogP contribution in [0.5, 0.6) is 5.75 Å². The molecule has 3 rings (SSSR count). The van der Waals surface area contributed by atoms with Crippen molar-refractivity contribution in [2.24, 2.45) is 5.92 Å². The number of aromatic nitrogens is 2. The fraction of sp³-hybridized carbons (Fsp3) is 0.368. The Morgan fingerprint density at radius 1 is 1.32 bits per heavy atom. The quantitative estimate of drug-likeness (QED) is 0.709. The number of rotatable bonds is 5. The molecule has 148 valence electrons. The van der Waals surface area contributed by atoms with Crippen LogP contribution in [-0.4, -0.2) is 46.6 Å². The second-order valence-corrected chi connectivity index (χ2v) is 6.93. The van der Waals surface area contributed by atoms with Crippen molar-refractivity contribution in [2.75, 3.05) is 20.2 Å². The lowest BCUT2D eigenvalue weighted by atomic mass is 9.89. The molecule has 1 aromatic heterocycles. The smallest absolute Gasteiger partial charge is 0.267 e. The van der Waals surface area contributed by atoms with Gasteiger partial charge in [0.05, 0.1) is 12.7 Å². The highest BCUT2D eigenvalue weighted by Crippen LogP contribution is 2.27. The van der Waals surface area contributed by atoms with Crippen molar-refractivity contribution >= 4 is 23.3 Å². The van der Waals surface area contributed by atoms with Crippen LogP contribution in [0.2, 0.25) is 5.15 Å². The summed E-state index contributed by atoms with van der Waals surface area (Å²) in [6.07, 6.45) is 1.20. The second kappa shape index (κ2) is 8.52. The molecule has 0 spiro atoms. The fourth-order valence-corrected chi connectivity index (χ4v) is 3.43. The molecule has 1 atom stereocenters. The van der Waals surface area contributed by atoms with Crippen molar-refractivity contribution in [1.82, 2.24) is 14.7 Å². The summed E-state index contributed by atoms with van der Waals surface area (Å²) in [4.78, 5) is 38.8. The van der Waals surface area contributed by atoms with Crippen LogP contribution in [0.1, 0.15) is 23.2 Å². The first kappa shape index (κ1) is 20.0. The standard InChI is InChI=1S/C19H19ClFN3O4/c1-28-15-5-4-13(21)9-14(15)19(27)12-3-2-8-23(10-12)18(26)11-24-17(25)7-6-16(20)22-24/h4-7,9,12H,2-3,8,10-11H2,1H3. The van der Waals surface area contributed by atoms with Gasteiger partial charge < -0.3 is 9.64 Å². The molecule has 1 unspecified atom stereocenters. The third-order valence-electron chi connectivity index (χ3n) is 4.69. The average Bonchev–Trinajstić information content (AvgIpc) is 2.70. The number of Topliss-reactive ketones (excluding diaryl/α,β-unsaturated/α-hetero) is 1. The predicted octanol–water partition coefficient (Wildman–Crippen LogP) is 2.17. The number of methoxy groups -OCH3 is 1. The Morgan fingerprint density at radius 2 is 2.11 bits per heavy atom. The highest BCUT2D eigenvalue weighted by atomic mass is 35.5. The molecule has 2 aromatic rings. The number of hydrogen-bond donors (Lipinski definition) is 0. The average molecular weight is 408 g/mol. The number of nitrogens with zero attached hydrogens (tertiary/aromatic N) is 3. The first-order valence-corrected chi connectivity index (χ1v) is 9.16. The zero-order valence-electron chi connectivity index (χ0n) is 15.2. The van der Waals surface area contributed by atoms with Crippen LogP contribution in [0.4, 0.5) is 4.39 Å². The maximum Gasteiger partial charge on any atom is 0.267 e. The third-order valence-corrected chi connectivity index (χ3v) is 4.89. The van der Waals surface area contributed by atoms with E-state index >= 15 is 0 Å². The van der Waals surface area contributed by atoms with Gasteiger partial charge in [-0.2, -0.15) is 5.10 Å². The topological polar surface area (TPSA) is 81.5 Å². The summed E-state index contributed by atoms with van der Waals surface area (Å²) in [7, 11) is 1.41. The van der Waals surface area contributed by atoms with Crippen molar-refractivity contribution in [2.45, 2.75) is 19.4 Å². The van der Waals surface area contributed by atoms with Crippen LogP contribution in [-0.2, 0) is 11.3 Å². The number of likely N-dealkylation sites (tertiary alicyclic amines) is 1. The van der Waals surface area contributed by atoms with Gasteiger partial charge in [-0.15, -0.1) is 0 Å². The van der Waals surface area contributed by atoms with Gasteiger partial charge in [-0.05, 0) is 37.1 Å². The number of amides is 1. The van der Waals surface area contributed by atoms with E-state index in [-0.39, 0.29) is 35.5 Å². The molecule has 0 bridgehead atoms. The van der Waals surface area contributed by atoms with Crippen LogP contribution in [0, 0.1) is 11.7 Å². The minimum Gasteiger partial charge on any atom is -0.496 e. The van der Waals surface area contributed by atoms with Crippen molar-refractivity contribution in [1.29, 1.82) is 0 Å². The maximum absolute atomic E-state index is 13.6. The van der Waals surface area contributed by atoms with Crippen molar-refractivity contribution in [3.63, 3.8) is 0 Å².